The smallest absolute Gasteiger partial charge is 0.341 e. The van der Waals surface area contributed by atoms with Crippen LogP contribution in [-0.2, 0) is 38.3 Å². The third kappa shape index (κ3) is 6.70. The van der Waals surface area contributed by atoms with Gasteiger partial charge in [-0.3, -0.25) is 0 Å². The van der Waals surface area contributed by atoms with E-state index in [-0.39, 0.29) is 11.1 Å². The van der Waals surface area contributed by atoms with Crippen molar-refractivity contribution in [2.45, 2.75) is 36.2 Å². The summed E-state index contributed by atoms with van der Waals surface area (Å²) in [6.07, 6.45) is -1.99. The van der Waals surface area contributed by atoms with Crippen molar-refractivity contribution >= 4 is 33.7 Å². The molecule has 200 valence electrons. The van der Waals surface area contributed by atoms with Crippen LogP contribution in [0.2, 0.25) is 0 Å². The first-order chi connectivity index (χ1) is 17.4. The van der Waals surface area contributed by atoms with Crippen molar-refractivity contribution in [2.75, 3.05) is 28.4 Å². The van der Waals surface area contributed by atoms with Gasteiger partial charge in [-0.2, -0.15) is 0 Å². The quantitative estimate of drug-likeness (QED) is 0.247. The second kappa shape index (κ2) is 12.4. The third-order valence-electron chi connectivity index (χ3n) is 5.06. The third-order valence-corrected chi connectivity index (χ3v) is 6.81. The minimum absolute atomic E-state index is 0.242. The standard InChI is InChI=1S/C24H26O12S/c1-13(31-3)35-23(27)19-11-15(7-9-17(19)21(25)33-5)37(29,30)16-8-10-18(22(26)34-6)20(12-16)24(28)36-14(2)32-4/h7-14H,1-6H3. The minimum Gasteiger partial charge on any atom is -0.465 e. The highest BCUT2D eigenvalue weighted by molar-refractivity contribution is 7.91. The van der Waals surface area contributed by atoms with Crippen LogP contribution in [-0.4, -0.2) is 73.3 Å². The highest BCUT2D eigenvalue weighted by Gasteiger charge is 2.28. The van der Waals surface area contributed by atoms with Crippen molar-refractivity contribution in [3.63, 3.8) is 0 Å². The Morgan fingerprint density at radius 1 is 0.595 bits per heavy atom. The molecule has 0 aliphatic rings. The molecule has 0 N–H and O–H groups in total. The van der Waals surface area contributed by atoms with Crippen LogP contribution in [0.15, 0.2) is 46.2 Å². The van der Waals surface area contributed by atoms with E-state index in [1.165, 1.54) is 28.1 Å². The van der Waals surface area contributed by atoms with Crippen LogP contribution in [0.25, 0.3) is 0 Å². The lowest BCUT2D eigenvalue weighted by Crippen LogP contribution is -2.21. The molecule has 0 saturated carbocycles. The summed E-state index contributed by atoms with van der Waals surface area (Å²) >= 11 is 0. The molecule has 0 bridgehead atoms. The number of sulfone groups is 1. The number of methoxy groups -OCH3 is 4. The molecule has 2 unspecified atom stereocenters. The van der Waals surface area contributed by atoms with Gasteiger partial charge in [0.2, 0.25) is 9.84 Å². The van der Waals surface area contributed by atoms with Gasteiger partial charge < -0.3 is 28.4 Å². The van der Waals surface area contributed by atoms with E-state index in [4.69, 9.17) is 18.9 Å². The Balaban J connectivity index is 2.66. The maximum absolute atomic E-state index is 13.5. The van der Waals surface area contributed by atoms with E-state index in [9.17, 15) is 27.6 Å². The van der Waals surface area contributed by atoms with Gasteiger partial charge in [0.25, 0.3) is 0 Å². The molecule has 2 rings (SSSR count). The van der Waals surface area contributed by atoms with E-state index in [1.807, 2.05) is 0 Å². The van der Waals surface area contributed by atoms with Crippen molar-refractivity contribution < 1.29 is 56.0 Å². The van der Waals surface area contributed by atoms with Gasteiger partial charge in [0.15, 0.2) is 12.6 Å². The molecule has 0 aliphatic heterocycles. The van der Waals surface area contributed by atoms with E-state index < -0.39 is 67.2 Å². The summed E-state index contributed by atoms with van der Waals surface area (Å²) in [6.45, 7) is 2.84. The Morgan fingerprint density at radius 3 is 1.24 bits per heavy atom. The summed E-state index contributed by atoms with van der Waals surface area (Å²) in [5.74, 6) is -3.88. The van der Waals surface area contributed by atoms with Crippen molar-refractivity contribution in [3.05, 3.63) is 58.7 Å². The van der Waals surface area contributed by atoms with Crippen molar-refractivity contribution in [1.82, 2.24) is 0 Å². The van der Waals surface area contributed by atoms with Crippen molar-refractivity contribution in [2.24, 2.45) is 0 Å². The number of carbonyl (C=O) groups excluding carboxylic acids is 4. The van der Waals surface area contributed by atoms with Crippen LogP contribution in [0.3, 0.4) is 0 Å². The van der Waals surface area contributed by atoms with Gasteiger partial charge in [-0.1, -0.05) is 0 Å². The molecular weight excluding hydrogens is 512 g/mol. The molecule has 0 amide bonds. The highest BCUT2D eigenvalue weighted by Crippen LogP contribution is 2.27. The molecule has 0 heterocycles. The fraction of sp³-hybridized carbons (Fsp3) is 0.333. The van der Waals surface area contributed by atoms with Crippen molar-refractivity contribution in [3.8, 4) is 0 Å². The van der Waals surface area contributed by atoms with E-state index in [1.54, 1.807) is 0 Å². The van der Waals surface area contributed by atoms with Crippen LogP contribution >= 0.6 is 0 Å². The summed E-state index contributed by atoms with van der Waals surface area (Å²) in [5, 5.41) is 0. The predicted octanol–water partition coefficient (Wildman–Crippen LogP) is 2.39. The zero-order chi connectivity index (χ0) is 27.9. The van der Waals surface area contributed by atoms with E-state index in [0.29, 0.717) is 0 Å². The van der Waals surface area contributed by atoms with Gasteiger partial charge in [0.1, 0.15) is 0 Å². The van der Waals surface area contributed by atoms with Crippen LogP contribution in [0.4, 0.5) is 0 Å². The van der Waals surface area contributed by atoms with Gasteiger partial charge in [-0.25, -0.2) is 27.6 Å². The molecule has 0 saturated heterocycles. The van der Waals surface area contributed by atoms with E-state index in [2.05, 4.69) is 9.47 Å². The molecule has 2 aromatic carbocycles. The second-order valence-corrected chi connectivity index (χ2v) is 9.27. The number of carbonyl (C=O) groups is 4. The topological polar surface area (TPSA) is 158 Å². The molecule has 37 heavy (non-hydrogen) atoms. The largest absolute Gasteiger partial charge is 0.465 e. The average Bonchev–Trinajstić information content (AvgIpc) is 2.90. The minimum atomic E-state index is -4.40. The highest BCUT2D eigenvalue weighted by atomic mass is 32.2. The summed E-state index contributed by atoms with van der Waals surface area (Å²) in [7, 11) is 0.354. The van der Waals surface area contributed by atoms with Crippen LogP contribution < -0.4 is 0 Å². The molecular formula is C24H26O12S. The van der Waals surface area contributed by atoms with E-state index >= 15 is 0 Å². The number of rotatable bonds is 10. The van der Waals surface area contributed by atoms with Gasteiger partial charge in [0.05, 0.1) is 46.3 Å². The Labute approximate surface area is 213 Å². The number of benzene rings is 2. The van der Waals surface area contributed by atoms with Crippen LogP contribution in [0.1, 0.15) is 55.3 Å². The Morgan fingerprint density at radius 2 is 0.946 bits per heavy atom. The number of esters is 4. The van der Waals surface area contributed by atoms with Crippen molar-refractivity contribution in [1.29, 1.82) is 0 Å². The maximum atomic E-state index is 13.5. The number of hydrogen-bond donors (Lipinski definition) is 0. The second-order valence-electron chi connectivity index (χ2n) is 7.32. The fourth-order valence-corrected chi connectivity index (χ4v) is 4.27. The van der Waals surface area contributed by atoms with E-state index in [0.717, 1.165) is 50.6 Å². The summed E-state index contributed by atoms with van der Waals surface area (Å²) < 4.78 is 56.1. The first-order valence-corrected chi connectivity index (χ1v) is 12.1. The zero-order valence-corrected chi connectivity index (χ0v) is 21.7. The zero-order valence-electron chi connectivity index (χ0n) is 20.9. The van der Waals surface area contributed by atoms with Gasteiger partial charge in [-0.15, -0.1) is 0 Å². The maximum Gasteiger partial charge on any atom is 0.341 e. The van der Waals surface area contributed by atoms with Crippen LogP contribution in [0.5, 0.6) is 0 Å². The molecule has 0 aliphatic carbocycles. The SMILES string of the molecule is COC(=O)c1ccc(S(=O)(=O)c2ccc(C(=O)OC)c(C(=O)OC(C)OC)c2)cc1C(=O)OC(C)OC. The fourth-order valence-electron chi connectivity index (χ4n) is 2.96. The molecule has 0 radical (unpaired) electrons. The first-order valence-electron chi connectivity index (χ1n) is 10.6. The number of hydrogen-bond acceptors (Lipinski definition) is 12. The van der Waals surface area contributed by atoms with Gasteiger partial charge in [-0.05, 0) is 50.2 Å². The molecule has 0 spiro atoms. The Bertz CT molecular complexity index is 1210. The molecule has 12 nitrogen and oxygen atoms in total. The normalized spacial score (nSPS) is 12.7. The molecule has 2 atom stereocenters. The lowest BCUT2D eigenvalue weighted by atomic mass is 10.1. The van der Waals surface area contributed by atoms with Gasteiger partial charge in [0, 0.05) is 14.2 Å². The number of ether oxygens (including phenoxy) is 6. The lowest BCUT2D eigenvalue weighted by Gasteiger charge is -2.15. The molecule has 13 heteroatoms. The summed E-state index contributed by atoms with van der Waals surface area (Å²) in [5.41, 5.74) is -1.27. The lowest BCUT2D eigenvalue weighted by molar-refractivity contribution is -0.0781. The Hall–Kier alpha value is -3.81. The molecule has 0 aromatic heterocycles. The predicted molar refractivity (Wildman–Crippen MR) is 125 cm³/mol. The summed E-state index contributed by atoms with van der Waals surface area (Å²) in [6, 6.07) is 6.21. The monoisotopic (exact) mass is 538 g/mol. The average molecular weight is 539 g/mol. The summed E-state index contributed by atoms with van der Waals surface area (Å²) in [4.78, 5) is 48.9. The molecule has 0 fully saturated rings. The molecule has 2 aromatic rings. The Kier molecular flexibility index (Phi) is 9.88. The first kappa shape index (κ1) is 29.4. The van der Waals surface area contributed by atoms with Crippen LogP contribution in [0, 0.1) is 0 Å². The van der Waals surface area contributed by atoms with Gasteiger partial charge >= 0.3 is 23.9 Å².